The molecule has 4 aromatic rings. The number of benzene rings is 3. The van der Waals surface area contributed by atoms with Gasteiger partial charge in [-0.3, -0.25) is 0 Å². The van der Waals surface area contributed by atoms with Crippen LogP contribution < -0.4 is 0 Å². The van der Waals surface area contributed by atoms with Crippen LogP contribution in [0.2, 0.25) is 0 Å². The topological polar surface area (TPSA) is 38.7 Å². The molecule has 0 aliphatic carbocycles. The molecule has 0 unspecified atom stereocenters. The van der Waals surface area contributed by atoms with E-state index in [1.165, 1.54) is 0 Å². The Morgan fingerprint density at radius 3 is 1.56 bits per heavy atom. The molecule has 0 bridgehead atoms. The van der Waals surface area contributed by atoms with E-state index in [2.05, 4.69) is 44.0 Å². The maximum atomic E-state index is 4.76. The molecule has 0 aliphatic heterocycles. The number of nitrogens with zero attached hydrogens (tertiary/aromatic N) is 3. The van der Waals surface area contributed by atoms with E-state index < -0.39 is 0 Å². The van der Waals surface area contributed by atoms with E-state index in [0.29, 0.717) is 17.5 Å². The summed E-state index contributed by atoms with van der Waals surface area (Å²) in [4.78, 5) is 14.2. The van der Waals surface area contributed by atoms with E-state index in [9.17, 15) is 0 Å². The van der Waals surface area contributed by atoms with Gasteiger partial charge >= 0.3 is 0 Å². The minimum atomic E-state index is 0.659. The summed E-state index contributed by atoms with van der Waals surface area (Å²) < 4.78 is 0.998. The van der Waals surface area contributed by atoms with Crippen LogP contribution in [0.25, 0.3) is 34.2 Å². The SMILES string of the molecule is BrCc1cc(Br)cc(-c2nc(-c3ccccc3)nc(-c3ccccc3)n2)c1. The van der Waals surface area contributed by atoms with Crippen molar-refractivity contribution in [1.29, 1.82) is 0 Å². The molecule has 4 rings (SSSR count). The van der Waals surface area contributed by atoms with Gasteiger partial charge in [-0.05, 0) is 23.8 Å². The van der Waals surface area contributed by atoms with Crippen molar-refractivity contribution in [3.8, 4) is 34.2 Å². The summed E-state index contributed by atoms with van der Waals surface area (Å²) in [5.41, 5.74) is 4.04. The molecular weight excluding hydrogens is 466 g/mol. The molecule has 0 saturated heterocycles. The van der Waals surface area contributed by atoms with Gasteiger partial charge in [-0.25, -0.2) is 15.0 Å². The third kappa shape index (κ3) is 4.15. The van der Waals surface area contributed by atoms with Crippen LogP contribution in [0.3, 0.4) is 0 Å². The minimum absolute atomic E-state index is 0.659. The van der Waals surface area contributed by atoms with Gasteiger partial charge in [0.15, 0.2) is 17.5 Å². The predicted molar refractivity (Wildman–Crippen MR) is 116 cm³/mol. The molecule has 1 heterocycles. The highest BCUT2D eigenvalue weighted by Gasteiger charge is 2.12. The molecule has 3 aromatic carbocycles. The molecule has 3 nitrogen and oxygen atoms in total. The van der Waals surface area contributed by atoms with Crippen molar-refractivity contribution >= 4 is 31.9 Å². The molecule has 27 heavy (non-hydrogen) atoms. The van der Waals surface area contributed by atoms with E-state index in [1.807, 2.05) is 66.7 Å². The maximum Gasteiger partial charge on any atom is 0.164 e. The smallest absolute Gasteiger partial charge is 0.164 e. The highest BCUT2D eigenvalue weighted by molar-refractivity contribution is 9.10. The highest BCUT2D eigenvalue weighted by Crippen LogP contribution is 2.27. The van der Waals surface area contributed by atoms with Crippen LogP contribution in [0.5, 0.6) is 0 Å². The van der Waals surface area contributed by atoms with Crippen molar-refractivity contribution in [1.82, 2.24) is 15.0 Å². The highest BCUT2D eigenvalue weighted by atomic mass is 79.9. The molecule has 0 atom stereocenters. The summed E-state index contributed by atoms with van der Waals surface area (Å²) in [7, 11) is 0. The Balaban J connectivity index is 1.92. The van der Waals surface area contributed by atoms with E-state index >= 15 is 0 Å². The maximum absolute atomic E-state index is 4.76. The van der Waals surface area contributed by atoms with Gasteiger partial charge in [0.25, 0.3) is 0 Å². The van der Waals surface area contributed by atoms with Crippen LogP contribution in [0.4, 0.5) is 0 Å². The lowest BCUT2D eigenvalue weighted by atomic mass is 10.1. The summed E-state index contributed by atoms with van der Waals surface area (Å²) in [5.74, 6) is 1.99. The van der Waals surface area contributed by atoms with Crippen molar-refractivity contribution < 1.29 is 0 Å². The lowest BCUT2D eigenvalue weighted by molar-refractivity contribution is 1.07. The van der Waals surface area contributed by atoms with Gasteiger partial charge in [0.05, 0.1) is 0 Å². The Kier molecular flexibility index (Phi) is 5.41. The second kappa shape index (κ2) is 8.11. The molecule has 0 fully saturated rings. The van der Waals surface area contributed by atoms with E-state index in [1.54, 1.807) is 0 Å². The number of halogens is 2. The van der Waals surface area contributed by atoms with Gasteiger partial charge in [-0.2, -0.15) is 0 Å². The first-order chi connectivity index (χ1) is 13.2. The molecule has 0 radical (unpaired) electrons. The van der Waals surface area contributed by atoms with Gasteiger partial charge in [0.1, 0.15) is 0 Å². The average molecular weight is 481 g/mol. The monoisotopic (exact) mass is 479 g/mol. The van der Waals surface area contributed by atoms with E-state index in [4.69, 9.17) is 15.0 Å². The molecule has 0 N–H and O–H groups in total. The molecule has 1 aromatic heterocycles. The predicted octanol–water partition coefficient (Wildman–Crippen LogP) is 6.53. The summed E-state index contributed by atoms with van der Waals surface area (Å²) in [5, 5.41) is 0.765. The third-order valence-electron chi connectivity index (χ3n) is 4.07. The van der Waals surface area contributed by atoms with Crippen molar-refractivity contribution in [3.63, 3.8) is 0 Å². The largest absolute Gasteiger partial charge is 0.208 e. The zero-order valence-electron chi connectivity index (χ0n) is 14.3. The fourth-order valence-corrected chi connectivity index (χ4v) is 3.66. The van der Waals surface area contributed by atoms with Crippen molar-refractivity contribution in [3.05, 3.63) is 88.9 Å². The van der Waals surface area contributed by atoms with Crippen LogP contribution in [-0.2, 0) is 5.33 Å². The Bertz CT molecular complexity index is 1010. The molecular formula is C22H15Br2N3. The molecule has 0 amide bonds. The Labute approximate surface area is 174 Å². The summed E-state index contributed by atoms with van der Waals surface area (Å²) >= 11 is 7.11. The Morgan fingerprint density at radius 1 is 0.593 bits per heavy atom. The number of aromatic nitrogens is 3. The van der Waals surface area contributed by atoms with Crippen LogP contribution in [-0.4, -0.2) is 15.0 Å². The van der Waals surface area contributed by atoms with Crippen LogP contribution in [0.1, 0.15) is 5.56 Å². The first-order valence-electron chi connectivity index (χ1n) is 8.45. The van der Waals surface area contributed by atoms with Crippen molar-refractivity contribution in [2.45, 2.75) is 5.33 Å². The van der Waals surface area contributed by atoms with Crippen molar-refractivity contribution in [2.24, 2.45) is 0 Å². The minimum Gasteiger partial charge on any atom is -0.208 e. The summed E-state index contributed by atoms with van der Waals surface area (Å²) in [6.45, 7) is 0. The normalized spacial score (nSPS) is 10.7. The Hall–Kier alpha value is -2.37. The zero-order valence-corrected chi connectivity index (χ0v) is 17.5. The summed E-state index contributed by atoms with van der Waals surface area (Å²) in [6.07, 6.45) is 0. The van der Waals surface area contributed by atoms with E-state index in [0.717, 1.165) is 32.1 Å². The molecule has 132 valence electrons. The zero-order chi connectivity index (χ0) is 18.6. The molecule has 5 heteroatoms. The van der Waals surface area contributed by atoms with E-state index in [-0.39, 0.29) is 0 Å². The number of hydrogen-bond donors (Lipinski definition) is 0. The third-order valence-corrected chi connectivity index (χ3v) is 5.17. The van der Waals surface area contributed by atoms with Crippen LogP contribution in [0.15, 0.2) is 83.3 Å². The molecule has 0 spiro atoms. The molecule has 0 saturated carbocycles. The van der Waals surface area contributed by atoms with Crippen molar-refractivity contribution in [2.75, 3.05) is 0 Å². The number of alkyl halides is 1. The van der Waals surface area contributed by atoms with Gasteiger partial charge in [0.2, 0.25) is 0 Å². The molecule has 0 aliphatic rings. The fourth-order valence-electron chi connectivity index (χ4n) is 2.79. The average Bonchev–Trinajstić information content (AvgIpc) is 2.74. The lowest BCUT2D eigenvalue weighted by Crippen LogP contribution is -2.00. The van der Waals surface area contributed by atoms with Gasteiger partial charge in [-0.15, -0.1) is 0 Å². The number of rotatable bonds is 4. The Morgan fingerprint density at radius 2 is 1.07 bits per heavy atom. The second-order valence-electron chi connectivity index (χ2n) is 6.02. The van der Waals surface area contributed by atoms with Crippen LogP contribution >= 0.6 is 31.9 Å². The first kappa shape index (κ1) is 18.0. The lowest BCUT2D eigenvalue weighted by Gasteiger charge is -2.09. The second-order valence-corrected chi connectivity index (χ2v) is 7.50. The standard InChI is InChI=1S/C22H15Br2N3/c23-14-15-11-18(13-19(24)12-15)22-26-20(16-7-3-1-4-8-16)25-21(27-22)17-9-5-2-6-10-17/h1-13H,14H2. The van der Waals surface area contributed by atoms with Crippen LogP contribution in [0, 0.1) is 0 Å². The first-order valence-corrected chi connectivity index (χ1v) is 10.4. The van der Waals surface area contributed by atoms with Gasteiger partial charge < -0.3 is 0 Å². The summed E-state index contributed by atoms with van der Waals surface area (Å²) in [6, 6.07) is 26.2. The van der Waals surface area contributed by atoms with Gasteiger partial charge in [-0.1, -0.05) is 92.5 Å². The number of hydrogen-bond acceptors (Lipinski definition) is 3. The quantitative estimate of drug-likeness (QED) is 0.311. The fraction of sp³-hybridized carbons (Fsp3) is 0.0455. The van der Waals surface area contributed by atoms with Gasteiger partial charge in [0, 0.05) is 26.5 Å².